The van der Waals surface area contributed by atoms with E-state index in [4.69, 9.17) is 10.9 Å². The predicted molar refractivity (Wildman–Crippen MR) is 71.0 cm³/mol. The average Bonchev–Trinajstić information content (AvgIpc) is 2.46. The molecule has 1 amide bonds. The number of hydrogen-bond acceptors (Lipinski definition) is 4. The number of carbonyl (C=O) groups excluding carboxylic acids is 1. The average molecular weight is 262 g/mol. The quantitative estimate of drug-likeness (QED) is 0.360. The van der Waals surface area contributed by atoms with Crippen LogP contribution in [0.4, 0.5) is 0 Å². The zero-order valence-corrected chi connectivity index (χ0v) is 10.9. The third kappa shape index (κ3) is 2.83. The first-order chi connectivity index (χ1) is 9.13. The molecule has 2 rings (SSSR count). The molecule has 0 radical (unpaired) electrons. The van der Waals surface area contributed by atoms with Crippen molar-refractivity contribution in [1.29, 1.82) is 0 Å². The monoisotopic (exact) mass is 262 g/mol. The molecule has 6 nitrogen and oxygen atoms in total. The number of hydrogen-bond donors (Lipinski definition) is 2. The second-order valence-electron chi connectivity index (χ2n) is 4.75. The van der Waals surface area contributed by atoms with Crippen LogP contribution in [0.2, 0.25) is 0 Å². The number of aromatic nitrogens is 1. The van der Waals surface area contributed by atoms with Gasteiger partial charge in [-0.2, -0.15) is 0 Å². The summed E-state index contributed by atoms with van der Waals surface area (Å²) in [7, 11) is 0. The van der Waals surface area contributed by atoms with Gasteiger partial charge in [0.05, 0.1) is 5.56 Å². The van der Waals surface area contributed by atoms with E-state index < -0.39 is 0 Å². The fourth-order valence-corrected chi connectivity index (χ4v) is 2.37. The Hall–Kier alpha value is -2.11. The summed E-state index contributed by atoms with van der Waals surface area (Å²) in [5.74, 6) is 0.0844. The summed E-state index contributed by atoms with van der Waals surface area (Å²) >= 11 is 0. The lowest BCUT2D eigenvalue weighted by atomic mass is 9.96. The fourth-order valence-electron chi connectivity index (χ4n) is 2.37. The van der Waals surface area contributed by atoms with Crippen molar-refractivity contribution in [2.45, 2.75) is 19.8 Å². The minimum atomic E-state index is -0.0697. The summed E-state index contributed by atoms with van der Waals surface area (Å²) in [6.07, 6.45) is 3.36. The Morgan fingerprint density at radius 3 is 3.11 bits per heavy atom. The van der Waals surface area contributed by atoms with E-state index in [2.05, 4.69) is 10.1 Å². The number of piperidine rings is 1. The first-order valence-electron chi connectivity index (χ1n) is 6.31. The molecule has 1 fully saturated rings. The highest BCUT2D eigenvalue weighted by molar-refractivity contribution is 5.95. The van der Waals surface area contributed by atoms with Crippen molar-refractivity contribution in [2.75, 3.05) is 13.1 Å². The van der Waals surface area contributed by atoms with Crippen molar-refractivity contribution >= 4 is 11.7 Å². The molecule has 0 saturated carbocycles. The molecule has 0 aliphatic carbocycles. The zero-order chi connectivity index (χ0) is 13.8. The normalized spacial score (nSPS) is 20.4. The van der Waals surface area contributed by atoms with Crippen molar-refractivity contribution < 1.29 is 10.0 Å². The Kier molecular flexibility index (Phi) is 3.99. The Balaban J connectivity index is 2.14. The van der Waals surface area contributed by atoms with E-state index in [0.29, 0.717) is 18.7 Å². The Labute approximate surface area is 111 Å². The number of aryl methyl sites for hydroxylation is 1. The molecule has 0 spiro atoms. The lowest BCUT2D eigenvalue weighted by Crippen LogP contribution is -2.44. The molecule has 19 heavy (non-hydrogen) atoms. The van der Waals surface area contributed by atoms with Crippen LogP contribution in [0.3, 0.4) is 0 Å². The maximum Gasteiger partial charge on any atom is 0.255 e. The summed E-state index contributed by atoms with van der Waals surface area (Å²) in [5.41, 5.74) is 6.96. The lowest BCUT2D eigenvalue weighted by molar-refractivity contribution is 0.0700. The van der Waals surface area contributed by atoms with E-state index in [0.717, 1.165) is 18.5 Å². The lowest BCUT2D eigenvalue weighted by Gasteiger charge is -2.32. The maximum atomic E-state index is 12.4. The highest BCUT2D eigenvalue weighted by atomic mass is 16.4. The van der Waals surface area contributed by atoms with Gasteiger partial charge in [-0.1, -0.05) is 5.16 Å². The molecule has 0 aromatic carbocycles. The zero-order valence-electron chi connectivity index (χ0n) is 10.9. The number of likely N-dealkylation sites (tertiary alicyclic amines) is 1. The van der Waals surface area contributed by atoms with E-state index >= 15 is 0 Å². The highest BCUT2D eigenvalue weighted by Crippen LogP contribution is 2.19. The summed E-state index contributed by atoms with van der Waals surface area (Å²) in [6, 6.07) is 3.53. The van der Waals surface area contributed by atoms with Crippen LogP contribution in [0, 0.1) is 12.8 Å². The van der Waals surface area contributed by atoms with Crippen molar-refractivity contribution in [3.63, 3.8) is 0 Å². The van der Waals surface area contributed by atoms with Gasteiger partial charge in [0, 0.05) is 30.9 Å². The van der Waals surface area contributed by atoms with E-state index in [1.165, 1.54) is 0 Å². The smallest absolute Gasteiger partial charge is 0.255 e. The van der Waals surface area contributed by atoms with Crippen LogP contribution < -0.4 is 5.73 Å². The van der Waals surface area contributed by atoms with Crippen LogP contribution >= 0.6 is 0 Å². The van der Waals surface area contributed by atoms with Gasteiger partial charge in [0.1, 0.15) is 5.84 Å². The van der Waals surface area contributed by atoms with Crippen LogP contribution in [-0.4, -0.2) is 39.9 Å². The second kappa shape index (κ2) is 5.69. The standard InChI is InChI=1S/C13H18N4O2/c1-9-11(5-2-6-15-9)13(18)17-7-3-4-10(8-17)12(14)16-19/h2,5-6,10,19H,3-4,7-8H2,1H3,(H2,14,16). The molecule has 1 atom stereocenters. The van der Waals surface area contributed by atoms with Gasteiger partial charge >= 0.3 is 0 Å². The van der Waals surface area contributed by atoms with Gasteiger partial charge in [0.15, 0.2) is 0 Å². The molecule has 1 aliphatic rings. The molecule has 2 heterocycles. The number of pyridine rings is 1. The SMILES string of the molecule is Cc1ncccc1C(=O)N1CCCC(C(N)=NO)C1. The van der Waals surface area contributed by atoms with Crippen LogP contribution in [0.15, 0.2) is 23.5 Å². The van der Waals surface area contributed by atoms with Crippen LogP contribution in [0.25, 0.3) is 0 Å². The topological polar surface area (TPSA) is 91.8 Å². The van der Waals surface area contributed by atoms with Gasteiger partial charge < -0.3 is 15.8 Å². The summed E-state index contributed by atoms with van der Waals surface area (Å²) in [5, 5.41) is 11.8. The number of amides is 1. The van der Waals surface area contributed by atoms with E-state index in [9.17, 15) is 4.79 Å². The van der Waals surface area contributed by atoms with Crippen molar-refractivity contribution in [3.05, 3.63) is 29.6 Å². The molecule has 102 valence electrons. The molecule has 0 bridgehead atoms. The number of carbonyl (C=O) groups is 1. The van der Waals surface area contributed by atoms with Gasteiger partial charge in [-0.15, -0.1) is 0 Å². The Morgan fingerprint density at radius 2 is 2.42 bits per heavy atom. The molecule has 1 unspecified atom stereocenters. The van der Waals surface area contributed by atoms with Gasteiger partial charge in [0.25, 0.3) is 5.91 Å². The van der Waals surface area contributed by atoms with Gasteiger partial charge in [-0.3, -0.25) is 9.78 Å². The number of rotatable bonds is 2. The number of amidine groups is 1. The van der Waals surface area contributed by atoms with Crippen LogP contribution in [0.5, 0.6) is 0 Å². The van der Waals surface area contributed by atoms with Crippen molar-refractivity contribution in [1.82, 2.24) is 9.88 Å². The van der Waals surface area contributed by atoms with Crippen LogP contribution in [0.1, 0.15) is 28.9 Å². The third-order valence-electron chi connectivity index (χ3n) is 3.48. The number of oxime groups is 1. The maximum absolute atomic E-state index is 12.4. The Bertz CT molecular complexity index is 501. The second-order valence-corrected chi connectivity index (χ2v) is 4.75. The highest BCUT2D eigenvalue weighted by Gasteiger charge is 2.27. The molecule has 1 aromatic heterocycles. The van der Waals surface area contributed by atoms with Crippen molar-refractivity contribution in [3.8, 4) is 0 Å². The minimum absolute atomic E-state index is 0.0407. The molecular weight excluding hydrogens is 244 g/mol. The summed E-state index contributed by atoms with van der Waals surface area (Å²) in [4.78, 5) is 18.3. The largest absolute Gasteiger partial charge is 0.409 e. The van der Waals surface area contributed by atoms with Gasteiger partial charge in [-0.25, -0.2) is 0 Å². The first kappa shape index (κ1) is 13.3. The number of nitrogens with two attached hydrogens (primary N) is 1. The molecular formula is C13H18N4O2. The molecule has 1 saturated heterocycles. The Morgan fingerprint density at radius 1 is 1.63 bits per heavy atom. The molecule has 1 aromatic rings. The number of nitrogens with zero attached hydrogens (tertiary/aromatic N) is 3. The molecule has 6 heteroatoms. The fraction of sp³-hybridized carbons (Fsp3) is 0.462. The van der Waals surface area contributed by atoms with E-state index in [1.54, 1.807) is 23.2 Å². The van der Waals surface area contributed by atoms with Crippen LogP contribution in [-0.2, 0) is 0 Å². The third-order valence-corrected chi connectivity index (χ3v) is 3.48. The van der Waals surface area contributed by atoms with Crippen molar-refractivity contribution in [2.24, 2.45) is 16.8 Å². The van der Waals surface area contributed by atoms with Gasteiger partial charge in [0.2, 0.25) is 0 Å². The summed E-state index contributed by atoms with van der Waals surface area (Å²) < 4.78 is 0. The van der Waals surface area contributed by atoms with E-state index in [-0.39, 0.29) is 17.7 Å². The minimum Gasteiger partial charge on any atom is -0.409 e. The molecule has 1 aliphatic heterocycles. The summed E-state index contributed by atoms with van der Waals surface area (Å²) in [6.45, 7) is 3.00. The molecule has 3 N–H and O–H groups in total. The predicted octanol–water partition coefficient (Wildman–Crippen LogP) is 0.989. The van der Waals surface area contributed by atoms with Gasteiger partial charge in [-0.05, 0) is 31.9 Å². The first-order valence-corrected chi connectivity index (χ1v) is 6.31. The van der Waals surface area contributed by atoms with E-state index in [1.807, 2.05) is 6.92 Å².